The standard InChI is InChI=1S/C11H21N3O2/c1-11(2,3)8(12)9(15)13-7-5-6-14(4)10(7)16/h7-8H,5-6,12H2,1-4H3,(H,13,15). The maximum Gasteiger partial charge on any atom is 0.244 e. The molecule has 1 heterocycles. The number of amides is 2. The van der Waals surface area contributed by atoms with E-state index in [4.69, 9.17) is 5.73 Å². The molecule has 1 aliphatic rings. The number of nitrogens with one attached hydrogen (secondary N) is 1. The summed E-state index contributed by atoms with van der Waals surface area (Å²) in [7, 11) is 1.73. The van der Waals surface area contributed by atoms with Crippen molar-refractivity contribution in [3.05, 3.63) is 0 Å². The molecule has 0 aromatic carbocycles. The van der Waals surface area contributed by atoms with E-state index in [9.17, 15) is 9.59 Å². The molecule has 0 radical (unpaired) electrons. The molecule has 0 aromatic heterocycles. The highest BCUT2D eigenvalue weighted by Gasteiger charge is 2.34. The van der Waals surface area contributed by atoms with Gasteiger partial charge < -0.3 is 16.0 Å². The summed E-state index contributed by atoms with van der Waals surface area (Å²) in [6.07, 6.45) is 0.665. The Hall–Kier alpha value is -1.10. The Kier molecular flexibility index (Phi) is 3.57. The van der Waals surface area contributed by atoms with E-state index in [0.29, 0.717) is 13.0 Å². The summed E-state index contributed by atoms with van der Waals surface area (Å²) in [5, 5.41) is 2.71. The number of carbonyl (C=O) groups is 2. The van der Waals surface area contributed by atoms with Gasteiger partial charge in [-0.2, -0.15) is 0 Å². The normalized spacial score (nSPS) is 23.4. The summed E-state index contributed by atoms with van der Waals surface area (Å²) in [5.41, 5.74) is 5.52. The highest BCUT2D eigenvalue weighted by Crippen LogP contribution is 2.18. The van der Waals surface area contributed by atoms with Crippen LogP contribution in [0.3, 0.4) is 0 Å². The molecule has 1 rings (SSSR count). The quantitative estimate of drug-likeness (QED) is 0.680. The number of hydrogen-bond acceptors (Lipinski definition) is 3. The van der Waals surface area contributed by atoms with Crippen molar-refractivity contribution in [2.45, 2.75) is 39.3 Å². The highest BCUT2D eigenvalue weighted by atomic mass is 16.2. The molecule has 0 spiro atoms. The summed E-state index contributed by atoms with van der Waals surface area (Å²) >= 11 is 0. The predicted molar refractivity (Wildman–Crippen MR) is 61.6 cm³/mol. The van der Waals surface area contributed by atoms with Crippen molar-refractivity contribution in [2.75, 3.05) is 13.6 Å². The van der Waals surface area contributed by atoms with Crippen LogP contribution in [0.2, 0.25) is 0 Å². The molecule has 0 aromatic rings. The summed E-state index contributed by atoms with van der Waals surface area (Å²) in [6, 6.07) is -0.989. The summed E-state index contributed by atoms with van der Waals surface area (Å²) in [5.74, 6) is -0.282. The van der Waals surface area contributed by atoms with Gasteiger partial charge in [0.05, 0.1) is 6.04 Å². The van der Waals surface area contributed by atoms with Crippen molar-refractivity contribution < 1.29 is 9.59 Å². The van der Waals surface area contributed by atoms with Crippen LogP contribution in [0.4, 0.5) is 0 Å². The maximum atomic E-state index is 11.8. The van der Waals surface area contributed by atoms with Crippen molar-refractivity contribution in [3.63, 3.8) is 0 Å². The average molecular weight is 227 g/mol. The van der Waals surface area contributed by atoms with Gasteiger partial charge in [0.15, 0.2) is 0 Å². The lowest BCUT2D eigenvalue weighted by atomic mass is 9.87. The Bertz CT molecular complexity index is 296. The lowest BCUT2D eigenvalue weighted by Crippen LogP contribution is -2.52. The second-order valence-electron chi connectivity index (χ2n) is 5.45. The minimum atomic E-state index is -0.591. The van der Waals surface area contributed by atoms with Gasteiger partial charge in [0, 0.05) is 13.6 Å². The second kappa shape index (κ2) is 4.41. The van der Waals surface area contributed by atoms with Gasteiger partial charge in [-0.25, -0.2) is 0 Å². The largest absolute Gasteiger partial charge is 0.344 e. The lowest BCUT2D eigenvalue weighted by Gasteiger charge is -2.26. The Labute approximate surface area is 96.4 Å². The number of hydrogen-bond donors (Lipinski definition) is 2. The van der Waals surface area contributed by atoms with Crippen molar-refractivity contribution in [3.8, 4) is 0 Å². The van der Waals surface area contributed by atoms with Crippen LogP contribution in [0.15, 0.2) is 0 Å². The third-order valence-electron chi connectivity index (χ3n) is 2.96. The maximum absolute atomic E-state index is 11.8. The smallest absolute Gasteiger partial charge is 0.244 e. The van der Waals surface area contributed by atoms with Crippen LogP contribution in [0.1, 0.15) is 27.2 Å². The molecule has 0 bridgehead atoms. The van der Waals surface area contributed by atoms with Crippen LogP contribution in [0, 0.1) is 5.41 Å². The Balaban J connectivity index is 2.56. The summed E-state index contributed by atoms with van der Waals surface area (Å²) in [4.78, 5) is 25.0. The molecule has 1 aliphatic heterocycles. The number of likely N-dealkylation sites (N-methyl/N-ethyl adjacent to an activating group) is 1. The van der Waals surface area contributed by atoms with Gasteiger partial charge in [-0.15, -0.1) is 0 Å². The molecule has 92 valence electrons. The van der Waals surface area contributed by atoms with E-state index in [1.54, 1.807) is 11.9 Å². The van der Waals surface area contributed by atoms with E-state index >= 15 is 0 Å². The predicted octanol–water partition coefficient (Wildman–Crippen LogP) is -0.293. The Morgan fingerprint density at radius 2 is 2.12 bits per heavy atom. The van der Waals surface area contributed by atoms with E-state index in [0.717, 1.165) is 0 Å². The fourth-order valence-corrected chi connectivity index (χ4v) is 1.61. The molecule has 5 nitrogen and oxygen atoms in total. The number of nitrogens with two attached hydrogens (primary N) is 1. The molecule has 1 saturated heterocycles. The van der Waals surface area contributed by atoms with E-state index < -0.39 is 12.1 Å². The first kappa shape index (κ1) is 13.0. The molecular weight excluding hydrogens is 206 g/mol. The molecule has 1 fully saturated rings. The van der Waals surface area contributed by atoms with Crippen LogP contribution in [-0.2, 0) is 9.59 Å². The SMILES string of the molecule is CN1CCC(NC(=O)C(N)C(C)(C)C)C1=O. The first-order valence-electron chi connectivity index (χ1n) is 5.54. The minimum absolute atomic E-state index is 0.0329. The van der Waals surface area contributed by atoms with E-state index in [1.165, 1.54) is 0 Å². The molecule has 2 amide bonds. The van der Waals surface area contributed by atoms with E-state index in [2.05, 4.69) is 5.32 Å². The number of rotatable bonds is 2. The zero-order chi connectivity index (χ0) is 12.5. The van der Waals surface area contributed by atoms with Crippen molar-refractivity contribution in [2.24, 2.45) is 11.1 Å². The Morgan fingerprint density at radius 1 is 1.56 bits per heavy atom. The van der Waals surface area contributed by atoms with Crippen LogP contribution in [0.5, 0.6) is 0 Å². The fourth-order valence-electron chi connectivity index (χ4n) is 1.61. The van der Waals surface area contributed by atoms with E-state index in [-0.39, 0.29) is 17.2 Å². The van der Waals surface area contributed by atoms with Crippen molar-refractivity contribution >= 4 is 11.8 Å². The second-order valence-corrected chi connectivity index (χ2v) is 5.45. The van der Waals surface area contributed by atoms with Gasteiger partial charge in [0.2, 0.25) is 11.8 Å². The summed E-state index contributed by atoms with van der Waals surface area (Å²) < 4.78 is 0. The molecule has 3 N–H and O–H groups in total. The average Bonchev–Trinajstić information content (AvgIpc) is 2.47. The summed E-state index contributed by atoms with van der Waals surface area (Å²) in [6.45, 7) is 6.40. The lowest BCUT2D eigenvalue weighted by molar-refractivity contribution is -0.133. The number of carbonyl (C=O) groups excluding carboxylic acids is 2. The molecule has 2 unspecified atom stereocenters. The van der Waals surface area contributed by atoms with Crippen molar-refractivity contribution in [1.29, 1.82) is 0 Å². The monoisotopic (exact) mass is 227 g/mol. The number of nitrogens with zero attached hydrogens (tertiary/aromatic N) is 1. The van der Waals surface area contributed by atoms with Gasteiger partial charge in [-0.3, -0.25) is 9.59 Å². The molecule has 16 heavy (non-hydrogen) atoms. The third kappa shape index (κ3) is 2.72. The van der Waals surface area contributed by atoms with Crippen LogP contribution < -0.4 is 11.1 Å². The number of likely N-dealkylation sites (tertiary alicyclic amines) is 1. The first-order valence-corrected chi connectivity index (χ1v) is 5.54. The van der Waals surface area contributed by atoms with Gasteiger partial charge in [0.1, 0.15) is 6.04 Å². The zero-order valence-electron chi connectivity index (χ0n) is 10.4. The van der Waals surface area contributed by atoms with Crippen LogP contribution in [0.25, 0.3) is 0 Å². The first-order chi connectivity index (χ1) is 7.23. The molecule has 2 atom stereocenters. The molecular formula is C11H21N3O2. The fraction of sp³-hybridized carbons (Fsp3) is 0.818. The topological polar surface area (TPSA) is 75.4 Å². The van der Waals surface area contributed by atoms with E-state index in [1.807, 2.05) is 20.8 Å². The van der Waals surface area contributed by atoms with Crippen molar-refractivity contribution in [1.82, 2.24) is 10.2 Å². The Morgan fingerprint density at radius 3 is 2.50 bits per heavy atom. The molecule has 0 aliphatic carbocycles. The molecule has 5 heteroatoms. The zero-order valence-corrected chi connectivity index (χ0v) is 10.4. The van der Waals surface area contributed by atoms with Gasteiger partial charge in [-0.05, 0) is 11.8 Å². The van der Waals surface area contributed by atoms with Gasteiger partial charge >= 0.3 is 0 Å². The highest BCUT2D eigenvalue weighted by molar-refractivity contribution is 5.91. The van der Waals surface area contributed by atoms with Crippen LogP contribution in [-0.4, -0.2) is 42.4 Å². The minimum Gasteiger partial charge on any atom is -0.344 e. The third-order valence-corrected chi connectivity index (χ3v) is 2.96. The molecule has 0 saturated carbocycles. The van der Waals surface area contributed by atoms with Gasteiger partial charge in [-0.1, -0.05) is 20.8 Å². The van der Waals surface area contributed by atoms with Crippen LogP contribution >= 0.6 is 0 Å². The van der Waals surface area contributed by atoms with Gasteiger partial charge in [0.25, 0.3) is 0 Å².